The summed E-state index contributed by atoms with van der Waals surface area (Å²) in [6, 6.07) is 16.3. The number of methoxy groups -OCH3 is 1. The van der Waals surface area contributed by atoms with Gasteiger partial charge in [0.1, 0.15) is 5.82 Å². The van der Waals surface area contributed by atoms with E-state index in [-0.39, 0.29) is 0 Å². The summed E-state index contributed by atoms with van der Waals surface area (Å²) >= 11 is 6.10. The van der Waals surface area contributed by atoms with Gasteiger partial charge < -0.3 is 9.30 Å². The van der Waals surface area contributed by atoms with Gasteiger partial charge in [-0.15, -0.1) is 0 Å². The number of benzene rings is 2. The molecule has 3 rings (SSSR count). The van der Waals surface area contributed by atoms with Gasteiger partial charge in [0.05, 0.1) is 11.0 Å². The Morgan fingerprint density at radius 2 is 1.95 bits per heavy atom. The van der Waals surface area contributed by atoms with Crippen molar-refractivity contribution in [3.63, 3.8) is 0 Å². The Kier molecular flexibility index (Phi) is 4.76. The summed E-state index contributed by atoms with van der Waals surface area (Å²) in [5, 5.41) is 0.723. The molecule has 3 aromatic rings. The molecule has 22 heavy (non-hydrogen) atoms. The molecule has 1 heterocycles. The first kappa shape index (κ1) is 15.1. The van der Waals surface area contributed by atoms with Gasteiger partial charge in [0.25, 0.3) is 0 Å². The average molecular weight is 315 g/mol. The van der Waals surface area contributed by atoms with E-state index in [0.717, 1.165) is 47.9 Å². The van der Waals surface area contributed by atoms with Crippen LogP contribution in [-0.2, 0) is 17.7 Å². The highest BCUT2D eigenvalue weighted by Crippen LogP contribution is 2.22. The van der Waals surface area contributed by atoms with Gasteiger partial charge in [0.2, 0.25) is 0 Å². The first-order chi connectivity index (χ1) is 10.8. The minimum Gasteiger partial charge on any atom is -0.385 e. The first-order valence-corrected chi connectivity index (χ1v) is 7.83. The highest BCUT2D eigenvalue weighted by Gasteiger charge is 2.11. The lowest BCUT2D eigenvalue weighted by Gasteiger charge is -2.09. The molecular formula is C18H19ClN2O. The predicted octanol–water partition coefficient (Wildman–Crippen LogP) is 4.32. The van der Waals surface area contributed by atoms with Crippen LogP contribution in [0.3, 0.4) is 0 Å². The Labute approximate surface area is 135 Å². The SMILES string of the molecule is COCCCn1c(Cc2ccccc2)nc2cc(Cl)ccc21. The molecule has 4 heteroatoms. The molecule has 2 aromatic carbocycles. The maximum Gasteiger partial charge on any atom is 0.114 e. The molecule has 1 aromatic heterocycles. The van der Waals surface area contributed by atoms with Crippen molar-refractivity contribution in [1.29, 1.82) is 0 Å². The third-order valence-corrected chi connectivity index (χ3v) is 3.96. The Morgan fingerprint density at radius 1 is 1.14 bits per heavy atom. The van der Waals surface area contributed by atoms with Crippen LogP contribution in [-0.4, -0.2) is 23.3 Å². The van der Waals surface area contributed by atoms with Crippen LogP contribution in [0.25, 0.3) is 11.0 Å². The van der Waals surface area contributed by atoms with Gasteiger partial charge in [-0.05, 0) is 30.2 Å². The third kappa shape index (κ3) is 3.32. The average Bonchev–Trinajstić information content (AvgIpc) is 2.85. The van der Waals surface area contributed by atoms with Crippen LogP contribution in [0.2, 0.25) is 5.02 Å². The van der Waals surface area contributed by atoms with Crippen LogP contribution in [0.1, 0.15) is 17.8 Å². The molecule has 0 radical (unpaired) electrons. The van der Waals surface area contributed by atoms with Crippen molar-refractivity contribution in [2.24, 2.45) is 0 Å². The minimum absolute atomic E-state index is 0.723. The molecule has 0 amide bonds. The molecular weight excluding hydrogens is 296 g/mol. The fraction of sp³-hybridized carbons (Fsp3) is 0.278. The van der Waals surface area contributed by atoms with Gasteiger partial charge in [0.15, 0.2) is 0 Å². The summed E-state index contributed by atoms with van der Waals surface area (Å²) in [4.78, 5) is 4.79. The normalized spacial score (nSPS) is 11.2. The Bertz CT molecular complexity index is 752. The van der Waals surface area contributed by atoms with Crippen LogP contribution in [0.5, 0.6) is 0 Å². The van der Waals surface area contributed by atoms with Crippen molar-refractivity contribution in [2.45, 2.75) is 19.4 Å². The fourth-order valence-corrected chi connectivity index (χ4v) is 2.85. The van der Waals surface area contributed by atoms with Crippen molar-refractivity contribution in [3.05, 3.63) is 64.9 Å². The number of ether oxygens (including phenoxy) is 1. The van der Waals surface area contributed by atoms with Gasteiger partial charge in [-0.2, -0.15) is 0 Å². The number of fused-ring (bicyclic) bond motifs is 1. The van der Waals surface area contributed by atoms with Crippen molar-refractivity contribution in [1.82, 2.24) is 9.55 Å². The summed E-state index contributed by atoms with van der Waals surface area (Å²) in [5.41, 5.74) is 3.35. The first-order valence-electron chi connectivity index (χ1n) is 7.45. The van der Waals surface area contributed by atoms with Crippen LogP contribution < -0.4 is 0 Å². The zero-order chi connectivity index (χ0) is 15.4. The molecule has 0 aliphatic rings. The van der Waals surface area contributed by atoms with Gasteiger partial charge >= 0.3 is 0 Å². The van der Waals surface area contributed by atoms with E-state index in [0.29, 0.717) is 0 Å². The van der Waals surface area contributed by atoms with Gasteiger partial charge in [-0.25, -0.2) is 4.98 Å². The fourth-order valence-electron chi connectivity index (χ4n) is 2.68. The molecule has 114 valence electrons. The molecule has 0 unspecified atom stereocenters. The summed E-state index contributed by atoms with van der Waals surface area (Å²) in [6.07, 6.45) is 1.78. The highest BCUT2D eigenvalue weighted by atomic mass is 35.5. The Hall–Kier alpha value is -1.84. The minimum atomic E-state index is 0.723. The molecule has 0 saturated heterocycles. The molecule has 0 spiro atoms. The molecule has 0 N–H and O–H groups in total. The Balaban J connectivity index is 1.97. The number of imidazole rings is 1. The van der Waals surface area contributed by atoms with E-state index in [1.165, 1.54) is 5.56 Å². The van der Waals surface area contributed by atoms with E-state index in [9.17, 15) is 0 Å². The number of hydrogen-bond donors (Lipinski definition) is 0. The van der Waals surface area contributed by atoms with Crippen LogP contribution in [0.4, 0.5) is 0 Å². The molecule has 0 saturated carbocycles. The maximum atomic E-state index is 6.10. The molecule has 0 bridgehead atoms. The van der Waals surface area contributed by atoms with Crippen LogP contribution in [0, 0.1) is 0 Å². The van der Waals surface area contributed by atoms with E-state index in [1.54, 1.807) is 7.11 Å². The summed E-state index contributed by atoms with van der Waals surface area (Å²) in [5.74, 6) is 1.07. The molecule has 0 aliphatic carbocycles. The van der Waals surface area contributed by atoms with Crippen molar-refractivity contribution in [2.75, 3.05) is 13.7 Å². The highest BCUT2D eigenvalue weighted by molar-refractivity contribution is 6.31. The van der Waals surface area contributed by atoms with Crippen LogP contribution >= 0.6 is 11.6 Å². The number of halogens is 1. The summed E-state index contributed by atoms with van der Waals surface area (Å²) < 4.78 is 7.45. The zero-order valence-electron chi connectivity index (χ0n) is 12.6. The molecule has 0 atom stereocenters. The smallest absolute Gasteiger partial charge is 0.114 e. The van der Waals surface area contributed by atoms with Crippen molar-refractivity contribution >= 4 is 22.6 Å². The monoisotopic (exact) mass is 314 g/mol. The second kappa shape index (κ2) is 6.95. The molecule has 3 nitrogen and oxygen atoms in total. The standard InChI is InChI=1S/C18H19ClN2O/c1-22-11-5-10-21-17-9-8-15(19)13-16(17)20-18(21)12-14-6-3-2-4-7-14/h2-4,6-9,13H,5,10-12H2,1H3. The second-order valence-electron chi connectivity index (χ2n) is 5.32. The molecule has 0 aliphatic heterocycles. The third-order valence-electron chi connectivity index (χ3n) is 3.72. The predicted molar refractivity (Wildman–Crippen MR) is 90.5 cm³/mol. The van der Waals surface area contributed by atoms with Crippen LogP contribution in [0.15, 0.2) is 48.5 Å². The lowest BCUT2D eigenvalue weighted by atomic mass is 10.1. The number of rotatable bonds is 6. The maximum absolute atomic E-state index is 6.10. The lowest BCUT2D eigenvalue weighted by Crippen LogP contribution is -2.06. The largest absolute Gasteiger partial charge is 0.385 e. The topological polar surface area (TPSA) is 27.1 Å². The van der Waals surface area contributed by atoms with Gasteiger partial charge in [-0.1, -0.05) is 41.9 Å². The second-order valence-corrected chi connectivity index (χ2v) is 5.76. The van der Waals surface area contributed by atoms with E-state index < -0.39 is 0 Å². The van der Waals surface area contributed by atoms with E-state index in [1.807, 2.05) is 24.3 Å². The quantitative estimate of drug-likeness (QED) is 0.634. The summed E-state index contributed by atoms with van der Waals surface area (Å²) in [7, 11) is 1.73. The number of aryl methyl sites for hydroxylation is 1. The van der Waals surface area contributed by atoms with E-state index >= 15 is 0 Å². The number of hydrogen-bond acceptors (Lipinski definition) is 2. The molecule has 0 fully saturated rings. The zero-order valence-corrected chi connectivity index (χ0v) is 13.4. The van der Waals surface area contributed by atoms with E-state index in [2.05, 4.69) is 28.8 Å². The van der Waals surface area contributed by atoms with E-state index in [4.69, 9.17) is 21.3 Å². The van der Waals surface area contributed by atoms with Gasteiger partial charge in [-0.3, -0.25) is 0 Å². The van der Waals surface area contributed by atoms with Crippen molar-refractivity contribution in [3.8, 4) is 0 Å². The Morgan fingerprint density at radius 3 is 2.73 bits per heavy atom. The number of nitrogens with zero attached hydrogens (tertiary/aromatic N) is 2. The van der Waals surface area contributed by atoms with Crippen molar-refractivity contribution < 1.29 is 4.74 Å². The lowest BCUT2D eigenvalue weighted by molar-refractivity contribution is 0.190. The number of aromatic nitrogens is 2. The van der Waals surface area contributed by atoms with Gasteiger partial charge in [0, 0.05) is 31.7 Å². The summed E-state index contributed by atoms with van der Waals surface area (Å²) in [6.45, 7) is 1.65.